The fourth-order valence-corrected chi connectivity index (χ4v) is 4.22. The first-order chi connectivity index (χ1) is 12.8. The highest BCUT2D eigenvalue weighted by Crippen LogP contribution is 2.70. The van der Waals surface area contributed by atoms with E-state index in [0.717, 1.165) is 18.2 Å². The molecule has 2 aliphatic rings. The van der Waals surface area contributed by atoms with E-state index in [-0.39, 0.29) is 30.6 Å². The molecule has 0 spiro atoms. The summed E-state index contributed by atoms with van der Waals surface area (Å²) in [5.74, 6) is -6.91. The van der Waals surface area contributed by atoms with E-state index in [1.54, 1.807) is 30.3 Å². The molecule has 0 bridgehead atoms. The molecule has 2 atom stereocenters. The van der Waals surface area contributed by atoms with Gasteiger partial charge in [-0.15, -0.1) is 0 Å². The van der Waals surface area contributed by atoms with Crippen LogP contribution in [0.3, 0.4) is 0 Å². The molecule has 1 aliphatic carbocycles. The van der Waals surface area contributed by atoms with Crippen LogP contribution >= 0.6 is 0 Å². The highest BCUT2D eigenvalue weighted by molar-refractivity contribution is 5.96. The Morgan fingerprint density at radius 1 is 1.11 bits per heavy atom. The molecule has 1 heterocycles. The number of benzene rings is 2. The van der Waals surface area contributed by atoms with Gasteiger partial charge in [0.05, 0.1) is 22.5 Å². The van der Waals surface area contributed by atoms with Crippen molar-refractivity contribution in [3.63, 3.8) is 0 Å². The highest BCUT2D eigenvalue weighted by atomic mass is 19.3. The molecule has 4 rings (SSSR count). The van der Waals surface area contributed by atoms with Gasteiger partial charge in [0, 0.05) is 13.1 Å². The Balaban J connectivity index is 1.57. The Hall–Kier alpha value is -2.83. The van der Waals surface area contributed by atoms with Crippen LogP contribution in [-0.4, -0.2) is 40.9 Å². The number of piperidine rings is 1. The van der Waals surface area contributed by atoms with Crippen LogP contribution in [0, 0.1) is 11.7 Å². The van der Waals surface area contributed by atoms with Gasteiger partial charge >= 0.3 is 5.97 Å². The van der Waals surface area contributed by atoms with Crippen LogP contribution in [0.1, 0.15) is 32.7 Å². The van der Waals surface area contributed by atoms with Crippen LogP contribution in [0.5, 0.6) is 0 Å². The number of fused-ring (bicyclic) bond motifs is 1. The number of carboxylic acids is 1. The van der Waals surface area contributed by atoms with Gasteiger partial charge in [-0.3, -0.25) is 4.79 Å². The summed E-state index contributed by atoms with van der Waals surface area (Å²) in [4.78, 5) is 24.7. The molecule has 27 heavy (non-hydrogen) atoms. The number of carboxylic acid groups (broad SMARTS) is 1. The summed E-state index contributed by atoms with van der Waals surface area (Å²) >= 11 is 0. The van der Waals surface area contributed by atoms with Crippen molar-refractivity contribution < 1.29 is 27.9 Å². The van der Waals surface area contributed by atoms with Crippen molar-refractivity contribution >= 4 is 11.9 Å². The van der Waals surface area contributed by atoms with Gasteiger partial charge < -0.3 is 10.0 Å². The zero-order valence-corrected chi connectivity index (χ0v) is 14.2. The first-order valence-electron chi connectivity index (χ1n) is 8.54. The maximum atomic E-state index is 14.6. The van der Waals surface area contributed by atoms with E-state index >= 15 is 0 Å². The van der Waals surface area contributed by atoms with Crippen LogP contribution in [0.2, 0.25) is 0 Å². The molecule has 2 aromatic carbocycles. The smallest absolute Gasteiger partial charge is 0.335 e. The lowest BCUT2D eigenvalue weighted by molar-refractivity contribution is 0.0673. The van der Waals surface area contributed by atoms with E-state index in [2.05, 4.69) is 0 Å². The summed E-state index contributed by atoms with van der Waals surface area (Å²) in [6.07, 6.45) is 0.0925. The number of carbonyl (C=O) groups excluding carboxylic acids is 1. The quantitative estimate of drug-likeness (QED) is 0.892. The second kappa shape index (κ2) is 5.84. The Labute approximate surface area is 153 Å². The maximum Gasteiger partial charge on any atom is 0.335 e. The summed E-state index contributed by atoms with van der Waals surface area (Å²) < 4.78 is 43.4. The third kappa shape index (κ3) is 2.44. The zero-order valence-electron chi connectivity index (χ0n) is 14.2. The van der Waals surface area contributed by atoms with Crippen LogP contribution in [-0.2, 0) is 5.41 Å². The van der Waals surface area contributed by atoms with E-state index in [1.807, 2.05) is 0 Å². The average Bonchev–Trinajstić information content (AvgIpc) is 3.17. The highest BCUT2D eigenvalue weighted by Gasteiger charge is 2.81. The largest absolute Gasteiger partial charge is 0.478 e. The van der Waals surface area contributed by atoms with E-state index in [4.69, 9.17) is 5.11 Å². The van der Waals surface area contributed by atoms with E-state index in [0.29, 0.717) is 5.56 Å². The van der Waals surface area contributed by atoms with Gasteiger partial charge in [-0.05, 0) is 30.2 Å². The van der Waals surface area contributed by atoms with E-state index in [9.17, 15) is 22.8 Å². The molecule has 140 valence electrons. The molecule has 0 aromatic heterocycles. The zero-order chi connectivity index (χ0) is 19.4. The minimum Gasteiger partial charge on any atom is -0.478 e. The molecule has 7 heteroatoms. The Bertz CT molecular complexity index is 931. The minimum atomic E-state index is -2.92. The number of alkyl halides is 2. The van der Waals surface area contributed by atoms with Crippen molar-refractivity contribution in [3.8, 4) is 0 Å². The van der Waals surface area contributed by atoms with Crippen molar-refractivity contribution in [2.24, 2.45) is 5.92 Å². The number of hydrogen-bond donors (Lipinski definition) is 1. The van der Waals surface area contributed by atoms with Gasteiger partial charge in [0.1, 0.15) is 5.82 Å². The fraction of sp³-hybridized carbons (Fsp3) is 0.300. The molecular weight excluding hydrogens is 359 g/mol. The fourth-order valence-electron chi connectivity index (χ4n) is 4.22. The van der Waals surface area contributed by atoms with Crippen LogP contribution in [0.15, 0.2) is 48.5 Å². The predicted octanol–water partition coefficient (Wildman–Crippen LogP) is 3.57. The molecule has 1 saturated carbocycles. The summed E-state index contributed by atoms with van der Waals surface area (Å²) in [7, 11) is 0. The lowest BCUT2D eigenvalue weighted by Gasteiger charge is -2.30. The molecule has 0 radical (unpaired) electrons. The lowest BCUT2D eigenvalue weighted by Crippen LogP contribution is -2.40. The summed E-state index contributed by atoms with van der Waals surface area (Å²) in [6, 6.07) is 11.5. The van der Waals surface area contributed by atoms with Crippen molar-refractivity contribution in [1.29, 1.82) is 0 Å². The Kier molecular flexibility index (Phi) is 3.80. The number of amides is 1. The van der Waals surface area contributed by atoms with E-state index < -0.39 is 34.9 Å². The van der Waals surface area contributed by atoms with Gasteiger partial charge in [0.25, 0.3) is 11.8 Å². The normalized spacial score (nSPS) is 25.6. The van der Waals surface area contributed by atoms with Gasteiger partial charge in [0.2, 0.25) is 0 Å². The van der Waals surface area contributed by atoms with Gasteiger partial charge in [0.15, 0.2) is 0 Å². The number of carbonyl (C=O) groups is 2. The van der Waals surface area contributed by atoms with Crippen molar-refractivity contribution in [2.75, 3.05) is 13.1 Å². The molecule has 2 unspecified atom stereocenters. The second-order valence-corrected chi connectivity index (χ2v) is 7.01. The first-order valence-corrected chi connectivity index (χ1v) is 8.54. The number of hydrogen-bond acceptors (Lipinski definition) is 2. The molecule has 2 fully saturated rings. The first kappa shape index (κ1) is 17.6. The topological polar surface area (TPSA) is 57.6 Å². The molecule has 1 amide bonds. The number of likely N-dealkylation sites (tertiary alicyclic amines) is 1. The number of rotatable bonds is 3. The molecule has 1 aliphatic heterocycles. The van der Waals surface area contributed by atoms with Crippen molar-refractivity contribution in [3.05, 3.63) is 71.0 Å². The number of nitrogens with zero attached hydrogens (tertiary/aromatic N) is 1. The molecular formula is C20H16F3NO3. The van der Waals surface area contributed by atoms with Crippen molar-refractivity contribution in [2.45, 2.75) is 17.8 Å². The van der Waals surface area contributed by atoms with Crippen LogP contribution in [0.4, 0.5) is 13.2 Å². The minimum absolute atomic E-state index is 0.0833. The van der Waals surface area contributed by atoms with Gasteiger partial charge in [-0.1, -0.05) is 30.3 Å². The predicted molar refractivity (Wildman–Crippen MR) is 90.4 cm³/mol. The number of aromatic carboxylic acids is 1. The Morgan fingerprint density at radius 2 is 1.81 bits per heavy atom. The third-order valence-electron chi connectivity index (χ3n) is 5.75. The third-order valence-corrected chi connectivity index (χ3v) is 5.75. The number of halogens is 3. The monoisotopic (exact) mass is 375 g/mol. The summed E-state index contributed by atoms with van der Waals surface area (Å²) in [5.41, 5.74) is -1.30. The summed E-state index contributed by atoms with van der Waals surface area (Å²) in [5, 5.41) is 8.88. The maximum absolute atomic E-state index is 14.6. The molecule has 1 N–H and O–H groups in total. The lowest BCUT2D eigenvalue weighted by atomic mass is 9.86. The van der Waals surface area contributed by atoms with Gasteiger partial charge in [-0.2, -0.15) is 0 Å². The molecule has 4 nitrogen and oxygen atoms in total. The molecule has 1 saturated heterocycles. The van der Waals surface area contributed by atoms with Gasteiger partial charge in [-0.25, -0.2) is 18.0 Å². The molecule has 2 aromatic rings. The SMILES string of the molecule is O=C(O)c1ccc(C(=O)N2CCC3(c4ccccc4)C(C2)C3(F)F)c(F)c1. The average molecular weight is 375 g/mol. The van der Waals surface area contributed by atoms with Crippen molar-refractivity contribution in [1.82, 2.24) is 4.90 Å². The standard InChI is InChI=1S/C20H16F3NO3/c21-15-10-12(18(26)27)6-7-14(15)17(25)24-9-8-19(13-4-2-1-3-5-13)16(11-24)20(19,22)23/h1-7,10,16H,8-9,11H2,(H,26,27). The van der Waals surface area contributed by atoms with Crippen LogP contribution in [0.25, 0.3) is 0 Å². The summed E-state index contributed by atoms with van der Waals surface area (Å²) in [6.45, 7) is -0.0826. The van der Waals surface area contributed by atoms with E-state index in [1.165, 1.54) is 4.90 Å². The second-order valence-electron chi connectivity index (χ2n) is 7.01. The Morgan fingerprint density at radius 3 is 2.41 bits per heavy atom. The van der Waals surface area contributed by atoms with Crippen LogP contribution < -0.4 is 0 Å².